The van der Waals surface area contributed by atoms with E-state index in [1.54, 1.807) is 6.07 Å². The molecule has 0 aliphatic heterocycles. The molecular weight excluding hydrogens is 281 g/mol. The van der Waals surface area contributed by atoms with Gasteiger partial charge in [-0.2, -0.15) is 0 Å². The lowest BCUT2D eigenvalue weighted by atomic mass is 10.1. The Balaban J connectivity index is 2.11. The molecule has 1 aliphatic rings. The van der Waals surface area contributed by atoms with Crippen LogP contribution in [0.1, 0.15) is 31.6 Å². The maximum atomic E-state index is 6.27. The molecule has 0 atom stereocenters. The van der Waals surface area contributed by atoms with E-state index >= 15 is 0 Å². The number of nitrogen functional groups attached to an aromatic ring is 1. The third kappa shape index (κ3) is 2.21. The summed E-state index contributed by atoms with van der Waals surface area (Å²) in [6.07, 6.45) is 3.25. The van der Waals surface area contributed by atoms with Crippen LogP contribution in [0, 0.1) is 0 Å². The lowest BCUT2D eigenvalue weighted by Gasteiger charge is -2.06. The van der Waals surface area contributed by atoms with Crippen LogP contribution in [0.4, 0.5) is 5.82 Å². The Bertz CT molecular complexity index is 630. The average Bonchev–Trinajstić information content (AvgIpc) is 3.17. The van der Waals surface area contributed by atoms with Crippen LogP contribution >= 0.6 is 23.2 Å². The first-order valence-corrected chi connectivity index (χ1v) is 7.19. The highest BCUT2D eigenvalue weighted by molar-refractivity contribution is 6.42. The van der Waals surface area contributed by atoms with Crippen LogP contribution in [0.15, 0.2) is 18.2 Å². The molecule has 1 aromatic heterocycles. The van der Waals surface area contributed by atoms with Crippen molar-refractivity contribution in [2.45, 2.75) is 32.2 Å². The van der Waals surface area contributed by atoms with Crippen LogP contribution in [-0.4, -0.2) is 9.55 Å². The quantitative estimate of drug-likeness (QED) is 0.915. The predicted octanol–water partition coefficient (Wildman–Crippen LogP) is 4.34. The lowest BCUT2D eigenvalue weighted by Crippen LogP contribution is -2.04. The highest BCUT2D eigenvalue weighted by Crippen LogP contribution is 2.41. The number of halogens is 2. The fraction of sp³-hybridized carbons (Fsp3) is 0.357. The van der Waals surface area contributed by atoms with Crippen LogP contribution in [0.3, 0.4) is 0 Å². The Kier molecular flexibility index (Phi) is 3.19. The third-order valence-corrected chi connectivity index (χ3v) is 4.18. The number of benzene rings is 1. The second-order valence-electron chi connectivity index (χ2n) is 4.85. The number of nitrogens with zero attached hydrogens (tertiary/aromatic N) is 2. The van der Waals surface area contributed by atoms with Gasteiger partial charge in [-0.25, -0.2) is 4.98 Å². The van der Waals surface area contributed by atoms with Crippen molar-refractivity contribution in [2.24, 2.45) is 0 Å². The van der Waals surface area contributed by atoms with Crippen molar-refractivity contribution in [1.82, 2.24) is 9.55 Å². The molecule has 2 N–H and O–H groups in total. The minimum Gasteiger partial charge on any atom is -0.383 e. The highest BCUT2D eigenvalue weighted by atomic mass is 35.5. The summed E-state index contributed by atoms with van der Waals surface area (Å²) in [7, 11) is 0. The molecule has 1 fully saturated rings. The summed E-state index contributed by atoms with van der Waals surface area (Å²) in [6, 6.07) is 6.03. The SMILES string of the molecule is CCc1nc(-c2ccc(Cl)c(Cl)c2)c(N)n1C1CC1. The van der Waals surface area contributed by atoms with Crippen LogP contribution in [0.2, 0.25) is 10.0 Å². The van der Waals surface area contributed by atoms with E-state index in [4.69, 9.17) is 28.9 Å². The number of hydrogen-bond acceptors (Lipinski definition) is 2. The third-order valence-electron chi connectivity index (χ3n) is 3.44. The zero-order valence-corrected chi connectivity index (χ0v) is 12.2. The summed E-state index contributed by atoms with van der Waals surface area (Å²) in [5, 5.41) is 1.07. The molecule has 3 nitrogen and oxygen atoms in total. The lowest BCUT2D eigenvalue weighted by molar-refractivity contribution is 0.696. The first-order chi connectivity index (χ1) is 9.11. The van der Waals surface area contributed by atoms with Gasteiger partial charge in [-0.1, -0.05) is 36.2 Å². The molecule has 0 radical (unpaired) electrons. The molecule has 3 rings (SSSR count). The number of imidazole rings is 1. The molecule has 1 aliphatic carbocycles. The second-order valence-corrected chi connectivity index (χ2v) is 5.66. The molecule has 5 heteroatoms. The number of aromatic nitrogens is 2. The van der Waals surface area contributed by atoms with Crippen molar-refractivity contribution in [1.29, 1.82) is 0 Å². The molecule has 19 heavy (non-hydrogen) atoms. The standard InChI is InChI=1S/C14H15Cl2N3/c1-2-12-18-13(14(17)19(12)9-4-5-9)8-3-6-10(15)11(16)7-8/h3,6-7,9H,2,4-5,17H2,1H3. The minimum atomic E-state index is 0.526. The van der Waals surface area contributed by atoms with Crippen LogP contribution < -0.4 is 5.73 Å². The molecule has 0 amide bonds. The molecule has 0 bridgehead atoms. The summed E-state index contributed by atoms with van der Waals surface area (Å²) in [4.78, 5) is 4.67. The van der Waals surface area contributed by atoms with Crippen molar-refractivity contribution in [3.8, 4) is 11.3 Å². The van der Waals surface area contributed by atoms with E-state index in [2.05, 4.69) is 16.5 Å². The summed E-state index contributed by atoms with van der Waals surface area (Å²) in [5.74, 6) is 1.78. The van der Waals surface area contributed by atoms with Gasteiger partial charge < -0.3 is 10.3 Å². The first kappa shape index (κ1) is 12.8. The predicted molar refractivity (Wildman–Crippen MR) is 79.7 cm³/mol. The Morgan fingerprint density at radius 3 is 2.63 bits per heavy atom. The van der Waals surface area contributed by atoms with Gasteiger partial charge in [0.05, 0.1) is 10.0 Å². The van der Waals surface area contributed by atoms with E-state index in [9.17, 15) is 0 Å². The second kappa shape index (κ2) is 4.73. The van der Waals surface area contributed by atoms with E-state index in [1.807, 2.05) is 12.1 Å². The molecule has 1 aromatic carbocycles. The summed E-state index contributed by atoms with van der Waals surface area (Å²) in [6.45, 7) is 2.10. The Morgan fingerprint density at radius 2 is 2.05 bits per heavy atom. The highest BCUT2D eigenvalue weighted by Gasteiger charge is 2.29. The van der Waals surface area contributed by atoms with Gasteiger partial charge >= 0.3 is 0 Å². The Labute approximate surface area is 122 Å². The molecule has 2 aromatic rings. The largest absolute Gasteiger partial charge is 0.383 e. The van der Waals surface area contributed by atoms with Gasteiger partial charge in [0.25, 0.3) is 0 Å². The normalized spacial score (nSPS) is 14.9. The number of nitrogens with two attached hydrogens (primary N) is 1. The van der Waals surface area contributed by atoms with Crippen LogP contribution in [0.25, 0.3) is 11.3 Å². The van der Waals surface area contributed by atoms with Crippen molar-refractivity contribution in [3.05, 3.63) is 34.1 Å². The number of aryl methyl sites for hydroxylation is 1. The Hall–Kier alpha value is -1.19. The maximum absolute atomic E-state index is 6.27. The van der Waals surface area contributed by atoms with E-state index in [1.165, 1.54) is 12.8 Å². The van der Waals surface area contributed by atoms with Crippen LogP contribution in [-0.2, 0) is 6.42 Å². The van der Waals surface area contributed by atoms with Crippen molar-refractivity contribution in [3.63, 3.8) is 0 Å². The molecule has 0 spiro atoms. The van der Waals surface area contributed by atoms with Crippen LogP contribution in [0.5, 0.6) is 0 Å². The van der Waals surface area contributed by atoms with Crippen molar-refractivity contribution < 1.29 is 0 Å². The van der Waals surface area contributed by atoms with Gasteiger partial charge in [0.15, 0.2) is 0 Å². The van der Waals surface area contributed by atoms with Crippen molar-refractivity contribution >= 4 is 29.0 Å². The monoisotopic (exact) mass is 295 g/mol. The first-order valence-electron chi connectivity index (χ1n) is 6.43. The van der Waals surface area contributed by atoms with Crippen molar-refractivity contribution in [2.75, 3.05) is 5.73 Å². The summed E-state index contributed by atoms with van der Waals surface area (Å²) >= 11 is 12.0. The van der Waals surface area contributed by atoms with E-state index < -0.39 is 0 Å². The average molecular weight is 296 g/mol. The van der Waals surface area contributed by atoms with Gasteiger partial charge in [0.2, 0.25) is 0 Å². The number of hydrogen-bond donors (Lipinski definition) is 1. The smallest absolute Gasteiger partial charge is 0.131 e. The fourth-order valence-corrected chi connectivity index (χ4v) is 2.64. The summed E-state index contributed by atoms with van der Waals surface area (Å²) < 4.78 is 2.16. The summed E-state index contributed by atoms with van der Waals surface area (Å²) in [5.41, 5.74) is 7.99. The van der Waals surface area contributed by atoms with E-state index in [0.717, 1.165) is 29.3 Å². The van der Waals surface area contributed by atoms with Gasteiger partial charge in [0, 0.05) is 18.0 Å². The fourth-order valence-electron chi connectivity index (χ4n) is 2.34. The maximum Gasteiger partial charge on any atom is 0.131 e. The molecule has 0 unspecified atom stereocenters. The van der Waals surface area contributed by atoms with Gasteiger partial charge in [-0.05, 0) is 25.0 Å². The molecule has 1 heterocycles. The minimum absolute atomic E-state index is 0.526. The zero-order valence-electron chi connectivity index (χ0n) is 10.7. The van der Waals surface area contributed by atoms with Gasteiger partial charge in [-0.3, -0.25) is 0 Å². The number of anilines is 1. The van der Waals surface area contributed by atoms with Gasteiger partial charge in [0.1, 0.15) is 17.3 Å². The number of rotatable bonds is 3. The topological polar surface area (TPSA) is 43.8 Å². The molecule has 100 valence electrons. The molecule has 1 saturated carbocycles. The van der Waals surface area contributed by atoms with Gasteiger partial charge in [-0.15, -0.1) is 0 Å². The Morgan fingerprint density at radius 1 is 1.32 bits per heavy atom. The van der Waals surface area contributed by atoms with E-state index in [0.29, 0.717) is 16.1 Å². The zero-order chi connectivity index (χ0) is 13.6. The van der Waals surface area contributed by atoms with E-state index in [-0.39, 0.29) is 0 Å². The molecular formula is C14H15Cl2N3. The molecule has 0 saturated heterocycles.